The minimum Gasteiger partial charge on any atom is -0.493 e. The molecule has 0 atom stereocenters. The third-order valence-corrected chi connectivity index (χ3v) is 7.30. The molecule has 1 N–H and O–H groups in total. The lowest BCUT2D eigenvalue weighted by molar-refractivity contribution is -0.118. The van der Waals surface area contributed by atoms with Gasteiger partial charge in [-0.1, -0.05) is 72.3 Å². The van der Waals surface area contributed by atoms with E-state index in [0.29, 0.717) is 36.5 Å². The van der Waals surface area contributed by atoms with Crippen LogP contribution in [0.5, 0.6) is 11.5 Å². The second kappa shape index (κ2) is 12.0. The van der Waals surface area contributed by atoms with Crippen molar-refractivity contribution in [3.8, 4) is 11.5 Å². The van der Waals surface area contributed by atoms with E-state index in [2.05, 4.69) is 12.2 Å². The topological polar surface area (TPSA) is 67.9 Å². The van der Waals surface area contributed by atoms with Crippen molar-refractivity contribution in [2.45, 2.75) is 13.3 Å². The summed E-state index contributed by atoms with van der Waals surface area (Å²) in [6, 6.07) is 17.7. The predicted molar refractivity (Wildman–Crippen MR) is 155 cm³/mol. The Hall–Kier alpha value is -3.04. The number of rotatable bonds is 8. The first-order valence-corrected chi connectivity index (χ1v) is 13.2. The van der Waals surface area contributed by atoms with Gasteiger partial charge in [0.15, 0.2) is 22.4 Å². The molecule has 1 aliphatic rings. The molecule has 1 fully saturated rings. The highest BCUT2D eigenvalue weighted by molar-refractivity contribution is 8.27. The first-order valence-electron chi connectivity index (χ1n) is 11.2. The number of hydrogen-bond acceptors (Lipinski definition) is 6. The van der Waals surface area contributed by atoms with Crippen LogP contribution in [0.25, 0.3) is 6.08 Å². The van der Waals surface area contributed by atoms with Gasteiger partial charge in [-0.3, -0.25) is 14.5 Å². The molecule has 10 heteroatoms. The quantitative estimate of drug-likeness (QED) is 0.232. The van der Waals surface area contributed by atoms with Gasteiger partial charge in [0.05, 0.1) is 28.4 Å². The lowest BCUT2D eigenvalue weighted by Crippen LogP contribution is -2.27. The molecule has 1 aliphatic heterocycles. The van der Waals surface area contributed by atoms with E-state index >= 15 is 0 Å². The van der Waals surface area contributed by atoms with Crippen molar-refractivity contribution in [3.63, 3.8) is 0 Å². The summed E-state index contributed by atoms with van der Waals surface area (Å²) in [4.78, 5) is 27.5. The number of ether oxygens (including phenoxy) is 2. The van der Waals surface area contributed by atoms with Gasteiger partial charge in [-0.05, 0) is 66.1 Å². The Morgan fingerprint density at radius 1 is 1.08 bits per heavy atom. The number of carbonyl (C=O) groups excluding carboxylic acids is 2. The summed E-state index contributed by atoms with van der Waals surface area (Å²) >= 11 is 18.7. The van der Waals surface area contributed by atoms with Crippen molar-refractivity contribution in [2.75, 3.05) is 23.9 Å². The average molecular weight is 574 g/mol. The van der Waals surface area contributed by atoms with Crippen LogP contribution in [0.2, 0.25) is 10.0 Å². The highest BCUT2D eigenvalue weighted by Crippen LogP contribution is 2.37. The van der Waals surface area contributed by atoms with E-state index in [4.69, 9.17) is 44.9 Å². The Morgan fingerprint density at radius 3 is 2.51 bits per heavy atom. The largest absolute Gasteiger partial charge is 0.493 e. The molecule has 4 rings (SSSR count). The molecule has 0 saturated carbocycles. The number of hydrogen-bond donors (Lipinski definition) is 1. The van der Waals surface area contributed by atoms with E-state index in [0.717, 1.165) is 17.7 Å². The molecule has 190 valence electrons. The molecule has 0 aromatic heterocycles. The van der Waals surface area contributed by atoms with Crippen LogP contribution < -0.4 is 19.7 Å². The van der Waals surface area contributed by atoms with Gasteiger partial charge in [-0.15, -0.1) is 0 Å². The monoisotopic (exact) mass is 572 g/mol. The molecule has 0 spiro atoms. The predicted octanol–water partition coefficient (Wildman–Crippen LogP) is 6.99. The van der Waals surface area contributed by atoms with Crippen LogP contribution in [-0.4, -0.2) is 29.9 Å². The van der Waals surface area contributed by atoms with Gasteiger partial charge < -0.3 is 14.8 Å². The summed E-state index contributed by atoms with van der Waals surface area (Å²) in [5.41, 5.74) is 3.08. The second-order valence-electron chi connectivity index (χ2n) is 7.91. The zero-order valence-electron chi connectivity index (χ0n) is 19.9. The Morgan fingerprint density at radius 2 is 1.84 bits per heavy atom. The fraction of sp³-hybridized carbons (Fsp3) is 0.148. The van der Waals surface area contributed by atoms with E-state index in [9.17, 15) is 9.59 Å². The van der Waals surface area contributed by atoms with Crippen LogP contribution >= 0.6 is 47.2 Å². The molecular weight excluding hydrogens is 551 g/mol. The number of methoxy groups -OCH3 is 1. The molecule has 3 aromatic carbocycles. The third kappa shape index (κ3) is 6.45. The van der Waals surface area contributed by atoms with Gasteiger partial charge in [0.2, 0.25) is 0 Å². The molecule has 2 amide bonds. The normalized spacial score (nSPS) is 14.3. The van der Waals surface area contributed by atoms with Crippen molar-refractivity contribution < 1.29 is 19.1 Å². The van der Waals surface area contributed by atoms with E-state index in [1.807, 2.05) is 24.3 Å². The first kappa shape index (κ1) is 27.0. The van der Waals surface area contributed by atoms with Gasteiger partial charge in [0.1, 0.15) is 0 Å². The van der Waals surface area contributed by atoms with E-state index in [-0.39, 0.29) is 12.5 Å². The Balaban J connectivity index is 1.44. The fourth-order valence-corrected chi connectivity index (χ4v) is 5.29. The highest BCUT2D eigenvalue weighted by Gasteiger charge is 2.33. The van der Waals surface area contributed by atoms with Gasteiger partial charge in [0, 0.05) is 5.02 Å². The van der Waals surface area contributed by atoms with Gasteiger partial charge >= 0.3 is 0 Å². The van der Waals surface area contributed by atoms with E-state index in [1.165, 1.54) is 35.4 Å². The summed E-state index contributed by atoms with van der Waals surface area (Å²) in [6.07, 6.45) is 2.67. The first-order chi connectivity index (χ1) is 17.8. The molecule has 6 nitrogen and oxygen atoms in total. The number of amides is 2. The molecule has 3 aromatic rings. The summed E-state index contributed by atoms with van der Waals surface area (Å²) in [5, 5.41) is 3.47. The molecule has 0 bridgehead atoms. The van der Waals surface area contributed by atoms with Crippen molar-refractivity contribution in [1.29, 1.82) is 0 Å². The molecule has 37 heavy (non-hydrogen) atoms. The van der Waals surface area contributed by atoms with Crippen molar-refractivity contribution >= 4 is 80.8 Å². The van der Waals surface area contributed by atoms with Crippen LogP contribution in [0.4, 0.5) is 11.4 Å². The van der Waals surface area contributed by atoms with Crippen LogP contribution in [0, 0.1) is 0 Å². The Labute approximate surface area is 234 Å². The molecule has 0 unspecified atom stereocenters. The standard InChI is InChI=1S/C27H22Cl2N2O4S2/c1-3-16-4-8-19(9-5-16)31-26(33)24(37-27(31)36)13-17-6-11-22(23(12-17)34-2)35-15-25(32)30-21-10-7-18(28)14-20(21)29/h4-14H,3,15H2,1-2H3,(H,30,32)/b24-13-. The Bertz CT molecular complexity index is 1390. The molecule has 0 aliphatic carbocycles. The number of thiocarbonyl (C=S) groups is 1. The van der Waals surface area contributed by atoms with Crippen molar-refractivity contribution in [3.05, 3.63) is 86.7 Å². The maximum atomic E-state index is 13.1. The lowest BCUT2D eigenvalue weighted by Gasteiger charge is -2.14. The minimum absolute atomic E-state index is 0.184. The zero-order chi connectivity index (χ0) is 26.5. The van der Waals surface area contributed by atoms with Gasteiger partial charge in [-0.25, -0.2) is 0 Å². The van der Waals surface area contributed by atoms with Crippen molar-refractivity contribution in [1.82, 2.24) is 0 Å². The summed E-state index contributed by atoms with van der Waals surface area (Å²) in [6.45, 7) is 1.82. The number of nitrogens with zero attached hydrogens (tertiary/aromatic N) is 1. The van der Waals surface area contributed by atoms with Gasteiger partial charge in [-0.2, -0.15) is 0 Å². The summed E-state index contributed by atoms with van der Waals surface area (Å²) in [5.74, 6) is 0.208. The van der Waals surface area contributed by atoms with Crippen LogP contribution in [0.15, 0.2) is 65.6 Å². The average Bonchev–Trinajstić information content (AvgIpc) is 3.17. The molecular formula is C27H22Cl2N2O4S2. The summed E-state index contributed by atoms with van der Waals surface area (Å²) in [7, 11) is 1.50. The minimum atomic E-state index is -0.397. The zero-order valence-corrected chi connectivity index (χ0v) is 23.1. The Kier molecular flexibility index (Phi) is 8.76. The number of nitrogens with one attached hydrogen (secondary N) is 1. The number of aryl methyl sites for hydroxylation is 1. The fourth-order valence-electron chi connectivity index (χ4n) is 3.54. The number of halogens is 2. The maximum absolute atomic E-state index is 13.1. The van der Waals surface area contributed by atoms with E-state index < -0.39 is 5.91 Å². The van der Waals surface area contributed by atoms with Gasteiger partial charge in [0.25, 0.3) is 11.8 Å². The van der Waals surface area contributed by atoms with Crippen LogP contribution in [-0.2, 0) is 16.0 Å². The maximum Gasteiger partial charge on any atom is 0.270 e. The smallest absolute Gasteiger partial charge is 0.270 e. The van der Waals surface area contributed by atoms with E-state index in [1.54, 1.807) is 36.4 Å². The number of anilines is 2. The second-order valence-corrected chi connectivity index (χ2v) is 10.4. The molecule has 0 radical (unpaired) electrons. The highest BCUT2D eigenvalue weighted by atomic mass is 35.5. The van der Waals surface area contributed by atoms with Crippen LogP contribution in [0.3, 0.4) is 0 Å². The van der Waals surface area contributed by atoms with Crippen molar-refractivity contribution in [2.24, 2.45) is 0 Å². The number of carbonyl (C=O) groups is 2. The SMILES string of the molecule is CCc1ccc(N2C(=O)/C(=C/c3ccc(OCC(=O)Nc4ccc(Cl)cc4Cl)c(OC)c3)SC2=S)cc1. The summed E-state index contributed by atoms with van der Waals surface area (Å²) < 4.78 is 11.6. The third-order valence-electron chi connectivity index (χ3n) is 5.45. The lowest BCUT2D eigenvalue weighted by atomic mass is 10.1. The molecule has 1 heterocycles. The molecule has 1 saturated heterocycles. The number of benzene rings is 3. The number of thioether (sulfide) groups is 1. The van der Waals surface area contributed by atoms with Crippen LogP contribution in [0.1, 0.15) is 18.1 Å².